The Bertz CT molecular complexity index is 611. The summed E-state index contributed by atoms with van der Waals surface area (Å²) in [4.78, 5) is 26.0. The number of likely N-dealkylation sites (tertiary alicyclic amines) is 1. The summed E-state index contributed by atoms with van der Waals surface area (Å²) < 4.78 is 24.2. The van der Waals surface area contributed by atoms with Crippen molar-refractivity contribution in [2.45, 2.75) is 45.8 Å². The lowest BCUT2D eigenvalue weighted by molar-refractivity contribution is -0.151. The lowest BCUT2D eigenvalue weighted by atomic mass is 9.91. The molecule has 0 aliphatic carbocycles. The minimum atomic E-state index is -0.693. The highest BCUT2D eigenvalue weighted by Crippen LogP contribution is 2.28. The Labute approximate surface area is 141 Å². The first-order valence-corrected chi connectivity index (χ1v) is 8.00. The summed E-state index contributed by atoms with van der Waals surface area (Å²) in [7, 11) is 1.29. The van der Waals surface area contributed by atoms with Gasteiger partial charge < -0.3 is 14.4 Å². The van der Waals surface area contributed by atoms with Gasteiger partial charge in [0, 0.05) is 12.8 Å². The highest BCUT2D eigenvalue weighted by molar-refractivity contribution is 5.85. The predicted octanol–water partition coefficient (Wildman–Crippen LogP) is 2.78. The van der Waals surface area contributed by atoms with E-state index in [1.165, 1.54) is 24.1 Å². The molecule has 2 rings (SSSR count). The van der Waals surface area contributed by atoms with E-state index in [2.05, 4.69) is 0 Å². The molecule has 1 saturated heterocycles. The molecular formula is C18H24FNO4. The van der Waals surface area contributed by atoms with Gasteiger partial charge in [0.2, 0.25) is 5.91 Å². The van der Waals surface area contributed by atoms with Crippen LogP contribution in [0.15, 0.2) is 24.3 Å². The number of amides is 1. The molecule has 0 radical (unpaired) electrons. The summed E-state index contributed by atoms with van der Waals surface area (Å²) in [6.45, 7) is 6.12. The molecule has 1 fully saturated rings. The Balaban J connectivity index is 2.13. The third-order valence-electron chi connectivity index (χ3n) is 3.87. The molecular weight excluding hydrogens is 313 g/mol. The molecule has 1 aliphatic rings. The van der Waals surface area contributed by atoms with E-state index in [4.69, 9.17) is 9.47 Å². The fourth-order valence-corrected chi connectivity index (χ4v) is 2.79. The summed E-state index contributed by atoms with van der Waals surface area (Å²) >= 11 is 0. The molecule has 24 heavy (non-hydrogen) atoms. The van der Waals surface area contributed by atoms with E-state index in [0.29, 0.717) is 6.42 Å². The number of esters is 1. The Hall–Kier alpha value is -2.11. The average Bonchev–Trinajstić information content (AvgIpc) is 2.91. The molecule has 1 amide bonds. The normalized spacial score (nSPS) is 20.8. The average molecular weight is 337 g/mol. The van der Waals surface area contributed by atoms with Gasteiger partial charge in [-0.05, 0) is 17.5 Å². The Morgan fingerprint density at radius 2 is 1.96 bits per heavy atom. The maximum absolute atomic E-state index is 13.7. The van der Waals surface area contributed by atoms with Crippen LogP contribution in [0.1, 0.15) is 33.6 Å². The highest BCUT2D eigenvalue weighted by atomic mass is 19.1. The highest BCUT2D eigenvalue weighted by Gasteiger charge is 2.42. The zero-order valence-corrected chi connectivity index (χ0v) is 14.5. The molecule has 1 aromatic rings. The maximum Gasteiger partial charge on any atom is 0.328 e. The van der Waals surface area contributed by atoms with Crippen molar-refractivity contribution in [2.75, 3.05) is 13.7 Å². The molecule has 5 nitrogen and oxygen atoms in total. The van der Waals surface area contributed by atoms with Crippen molar-refractivity contribution >= 4 is 11.9 Å². The second kappa shape index (κ2) is 7.20. The van der Waals surface area contributed by atoms with Crippen LogP contribution in [0.2, 0.25) is 0 Å². The summed E-state index contributed by atoms with van der Waals surface area (Å²) in [5, 5.41) is 0. The van der Waals surface area contributed by atoms with Gasteiger partial charge in [-0.15, -0.1) is 0 Å². The fourth-order valence-electron chi connectivity index (χ4n) is 2.79. The Morgan fingerprint density at radius 3 is 2.54 bits per heavy atom. The van der Waals surface area contributed by atoms with E-state index in [1.54, 1.807) is 12.1 Å². The van der Waals surface area contributed by atoms with Crippen LogP contribution in [-0.4, -0.2) is 42.6 Å². The van der Waals surface area contributed by atoms with E-state index in [-0.39, 0.29) is 30.0 Å². The lowest BCUT2D eigenvalue weighted by Gasteiger charge is -2.26. The largest absolute Gasteiger partial charge is 0.485 e. The number of halogens is 1. The van der Waals surface area contributed by atoms with Crippen LogP contribution in [0.25, 0.3) is 0 Å². The fraction of sp³-hybridized carbons (Fsp3) is 0.556. The molecule has 132 valence electrons. The molecule has 6 heteroatoms. The van der Waals surface area contributed by atoms with E-state index in [1.807, 2.05) is 20.8 Å². The maximum atomic E-state index is 13.7. The van der Waals surface area contributed by atoms with Crippen molar-refractivity contribution in [3.8, 4) is 5.75 Å². The molecule has 1 heterocycles. The predicted molar refractivity (Wildman–Crippen MR) is 87.0 cm³/mol. The standard InChI is InChI=1S/C18H24FNO4/c1-18(2,3)10-16(21)20-11-12(9-14(20)17(22)23-4)24-15-8-6-5-7-13(15)19/h5-8,12,14H,9-11H2,1-4H3. The first-order chi connectivity index (χ1) is 11.2. The van der Waals surface area contributed by atoms with Gasteiger partial charge in [-0.1, -0.05) is 32.9 Å². The smallest absolute Gasteiger partial charge is 0.328 e. The molecule has 0 bridgehead atoms. The third kappa shape index (κ3) is 4.46. The first-order valence-electron chi connectivity index (χ1n) is 8.00. The molecule has 0 N–H and O–H groups in total. The summed E-state index contributed by atoms with van der Waals surface area (Å²) in [6.07, 6.45) is 0.152. The minimum absolute atomic E-state index is 0.122. The minimum Gasteiger partial charge on any atom is -0.485 e. The van der Waals surface area contributed by atoms with Crippen molar-refractivity contribution < 1.29 is 23.5 Å². The molecule has 0 spiro atoms. The van der Waals surface area contributed by atoms with Crippen LogP contribution < -0.4 is 4.74 Å². The van der Waals surface area contributed by atoms with Gasteiger partial charge in [0.25, 0.3) is 0 Å². The van der Waals surface area contributed by atoms with Crippen LogP contribution >= 0.6 is 0 Å². The molecule has 0 aromatic heterocycles. The number of para-hydroxylation sites is 1. The lowest BCUT2D eigenvalue weighted by Crippen LogP contribution is -2.42. The van der Waals surface area contributed by atoms with Gasteiger partial charge in [0.15, 0.2) is 11.6 Å². The second-order valence-corrected chi connectivity index (χ2v) is 7.23. The van der Waals surface area contributed by atoms with Gasteiger partial charge in [-0.25, -0.2) is 9.18 Å². The zero-order chi connectivity index (χ0) is 17.9. The monoisotopic (exact) mass is 337 g/mol. The number of carbonyl (C=O) groups excluding carboxylic acids is 2. The van der Waals surface area contributed by atoms with Gasteiger partial charge >= 0.3 is 5.97 Å². The van der Waals surface area contributed by atoms with Crippen molar-refractivity contribution in [2.24, 2.45) is 5.41 Å². The number of nitrogens with zero attached hydrogens (tertiary/aromatic N) is 1. The number of methoxy groups -OCH3 is 1. The Kier molecular flexibility index (Phi) is 5.47. The van der Waals surface area contributed by atoms with Gasteiger partial charge in [0.1, 0.15) is 12.1 Å². The summed E-state index contributed by atoms with van der Waals surface area (Å²) in [5.74, 6) is -0.947. The number of rotatable bonds is 4. The summed E-state index contributed by atoms with van der Waals surface area (Å²) in [5.41, 5.74) is -0.192. The van der Waals surface area contributed by atoms with Crippen molar-refractivity contribution in [3.05, 3.63) is 30.1 Å². The number of benzene rings is 1. The van der Waals surface area contributed by atoms with E-state index < -0.39 is 23.9 Å². The molecule has 1 aliphatic heterocycles. The number of hydrogen-bond donors (Lipinski definition) is 0. The van der Waals surface area contributed by atoms with Gasteiger partial charge in [0.05, 0.1) is 13.7 Å². The Morgan fingerprint density at radius 1 is 1.29 bits per heavy atom. The van der Waals surface area contributed by atoms with Crippen LogP contribution in [0.3, 0.4) is 0 Å². The van der Waals surface area contributed by atoms with E-state index in [9.17, 15) is 14.0 Å². The van der Waals surface area contributed by atoms with Crippen molar-refractivity contribution in [1.82, 2.24) is 4.90 Å². The zero-order valence-electron chi connectivity index (χ0n) is 14.5. The molecule has 2 atom stereocenters. The van der Waals surface area contributed by atoms with Gasteiger partial charge in [-0.2, -0.15) is 0 Å². The topological polar surface area (TPSA) is 55.8 Å². The van der Waals surface area contributed by atoms with Gasteiger partial charge in [-0.3, -0.25) is 4.79 Å². The number of hydrogen-bond acceptors (Lipinski definition) is 4. The molecule has 2 unspecified atom stereocenters. The quantitative estimate of drug-likeness (QED) is 0.793. The number of carbonyl (C=O) groups is 2. The van der Waals surface area contributed by atoms with Crippen LogP contribution in [0, 0.1) is 11.2 Å². The second-order valence-electron chi connectivity index (χ2n) is 7.23. The van der Waals surface area contributed by atoms with E-state index >= 15 is 0 Å². The molecule has 0 saturated carbocycles. The summed E-state index contributed by atoms with van der Waals surface area (Å²) in [6, 6.07) is 5.40. The SMILES string of the molecule is COC(=O)C1CC(Oc2ccccc2F)CN1C(=O)CC(C)(C)C. The van der Waals surface area contributed by atoms with Crippen molar-refractivity contribution in [1.29, 1.82) is 0 Å². The third-order valence-corrected chi connectivity index (χ3v) is 3.87. The van der Waals surface area contributed by atoms with Crippen LogP contribution in [-0.2, 0) is 14.3 Å². The van der Waals surface area contributed by atoms with Crippen molar-refractivity contribution in [3.63, 3.8) is 0 Å². The molecule has 1 aromatic carbocycles. The van der Waals surface area contributed by atoms with E-state index in [0.717, 1.165) is 0 Å². The van der Waals surface area contributed by atoms with Crippen LogP contribution in [0.5, 0.6) is 5.75 Å². The first kappa shape index (κ1) is 18.2. The van der Waals surface area contributed by atoms with Crippen LogP contribution in [0.4, 0.5) is 4.39 Å². The number of ether oxygens (including phenoxy) is 2.